The molecule has 110 valence electrons. The second-order valence-electron chi connectivity index (χ2n) is 6.28. The van der Waals surface area contributed by atoms with Gasteiger partial charge in [0, 0.05) is 31.2 Å². The normalized spacial score (nSPS) is 28.5. The summed E-state index contributed by atoms with van der Waals surface area (Å²) < 4.78 is 14.4. The Hall–Kier alpha value is -1.13. The van der Waals surface area contributed by atoms with Crippen LogP contribution in [0.25, 0.3) is 0 Å². The van der Waals surface area contributed by atoms with E-state index < -0.39 is 0 Å². The van der Waals surface area contributed by atoms with Gasteiger partial charge in [-0.25, -0.2) is 4.39 Å². The molecular formula is C16H24FN3. The number of benzene rings is 1. The minimum Gasteiger partial charge on any atom is -0.368 e. The van der Waals surface area contributed by atoms with Crippen molar-refractivity contribution in [2.75, 3.05) is 25.0 Å². The van der Waals surface area contributed by atoms with Crippen molar-refractivity contribution in [1.82, 2.24) is 4.90 Å². The summed E-state index contributed by atoms with van der Waals surface area (Å²) in [6, 6.07) is 6.56. The third kappa shape index (κ3) is 2.42. The maximum Gasteiger partial charge on any atom is 0.146 e. The number of fused-ring (bicyclic) bond motifs is 2. The van der Waals surface area contributed by atoms with Gasteiger partial charge in [0.2, 0.25) is 0 Å². The first-order valence-electron chi connectivity index (χ1n) is 7.58. The highest BCUT2D eigenvalue weighted by molar-refractivity contribution is 5.50. The fraction of sp³-hybridized carbons (Fsp3) is 0.625. The maximum absolute atomic E-state index is 14.4. The van der Waals surface area contributed by atoms with Crippen molar-refractivity contribution in [2.45, 2.75) is 44.3 Å². The van der Waals surface area contributed by atoms with Gasteiger partial charge in [-0.1, -0.05) is 6.07 Å². The average Bonchev–Trinajstić information content (AvgIpc) is 2.64. The number of likely N-dealkylation sites (N-methyl/N-ethyl adjacent to an activating group) is 1. The Bertz CT molecular complexity index is 489. The van der Waals surface area contributed by atoms with Gasteiger partial charge in [-0.05, 0) is 50.9 Å². The molecule has 3 atom stereocenters. The number of nitrogens with zero attached hydrogens (tertiary/aromatic N) is 2. The van der Waals surface area contributed by atoms with Crippen LogP contribution < -0.4 is 10.6 Å². The summed E-state index contributed by atoms with van der Waals surface area (Å²) in [7, 11) is 2.21. The Kier molecular flexibility index (Phi) is 3.69. The minimum atomic E-state index is -0.139. The third-order valence-corrected chi connectivity index (χ3v) is 4.99. The first kappa shape index (κ1) is 13.8. The number of nitrogens with two attached hydrogens (primary N) is 1. The Morgan fingerprint density at radius 3 is 2.70 bits per heavy atom. The number of halogens is 1. The first-order valence-corrected chi connectivity index (χ1v) is 7.58. The molecule has 0 aliphatic carbocycles. The Balaban J connectivity index is 1.82. The molecule has 0 radical (unpaired) electrons. The summed E-state index contributed by atoms with van der Waals surface area (Å²) in [5.41, 5.74) is 7.41. The van der Waals surface area contributed by atoms with Crippen molar-refractivity contribution in [3.8, 4) is 0 Å². The lowest BCUT2D eigenvalue weighted by Crippen LogP contribution is -2.37. The molecule has 2 bridgehead atoms. The van der Waals surface area contributed by atoms with Crippen LogP contribution in [0.15, 0.2) is 18.2 Å². The molecule has 2 aliphatic heterocycles. The first-order chi connectivity index (χ1) is 9.56. The standard InChI is InChI=1S/C16H24FN3/c1-11(18)12-3-6-16(15(17)9-12)20-8-7-13-4-5-14(10-20)19(13)2/h3,6,9,11,13-14H,4-5,7-8,10,18H2,1-2H3. The van der Waals surface area contributed by atoms with Gasteiger partial charge in [-0.2, -0.15) is 0 Å². The maximum atomic E-state index is 14.4. The summed E-state index contributed by atoms with van der Waals surface area (Å²) in [6.45, 7) is 3.76. The molecule has 0 amide bonds. The molecule has 3 rings (SSSR count). The van der Waals surface area contributed by atoms with E-state index in [1.54, 1.807) is 6.07 Å². The molecule has 0 aromatic heterocycles. The molecule has 1 aromatic carbocycles. The number of hydrogen-bond acceptors (Lipinski definition) is 3. The van der Waals surface area contributed by atoms with E-state index in [2.05, 4.69) is 16.8 Å². The molecule has 2 saturated heterocycles. The van der Waals surface area contributed by atoms with Gasteiger partial charge in [-0.3, -0.25) is 4.90 Å². The summed E-state index contributed by atoms with van der Waals surface area (Å²) in [4.78, 5) is 4.69. The average molecular weight is 277 g/mol. The molecule has 0 saturated carbocycles. The molecule has 3 nitrogen and oxygen atoms in total. The van der Waals surface area contributed by atoms with E-state index in [-0.39, 0.29) is 11.9 Å². The van der Waals surface area contributed by atoms with Gasteiger partial charge in [-0.15, -0.1) is 0 Å². The summed E-state index contributed by atoms with van der Waals surface area (Å²) in [6.07, 6.45) is 3.65. The van der Waals surface area contributed by atoms with E-state index in [1.807, 2.05) is 19.1 Å². The van der Waals surface area contributed by atoms with Gasteiger partial charge in [0.1, 0.15) is 5.82 Å². The molecule has 4 heteroatoms. The predicted molar refractivity (Wildman–Crippen MR) is 80.4 cm³/mol. The quantitative estimate of drug-likeness (QED) is 0.901. The fourth-order valence-corrected chi connectivity index (χ4v) is 3.59. The Labute approximate surface area is 120 Å². The smallest absolute Gasteiger partial charge is 0.146 e. The van der Waals surface area contributed by atoms with E-state index in [1.165, 1.54) is 12.8 Å². The van der Waals surface area contributed by atoms with Gasteiger partial charge in [0.25, 0.3) is 0 Å². The van der Waals surface area contributed by atoms with E-state index >= 15 is 0 Å². The van der Waals surface area contributed by atoms with E-state index in [0.717, 1.165) is 30.8 Å². The van der Waals surface area contributed by atoms with Crippen molar-refractivity contribution < 1.29 is 4.39 Å². The molecule has 3 unspecified atom stereocenters. The molecule has 0 spiro atoms. The van der Waals surface area contributed by atoms with Gasteiger partial charge < -0.3 is 10.6 Å². The lowest BCUT2D eigenvalue weighted by atomic mass is 10.1. The molecular weight excluding hydrogens is 253 g/mol. The van der Waals surface area contributed by atoms with Crippen LogP contribution >= 0.6 is 0 Å². The highest BCUT2D eigenvalue weighted by Gasteiger charge is 2.35. The van der Waals surface area contributed by atoms with Crippen molar-refractivity contribution >= 4 is 5.69 Å². The largest absolute Gasteiger partial charge is 0.368 e. The monoisotopic (exact) mass is 277 g/mol. The van der Waals surface area contributed by atoms with E-state index in [9.17, 15) is 4.39 Å². The highest BCUT2D eigenvalue weighted by Crippen LogP contribution is 2.32. The topological polar surface area (TPSA) is 32.5 Å². The molecule has 20 heavy (non-hydrogen) atoms. The predicted octanol–water partition coefficient (Wildman–Crippen LogP) is 2.52. The summed E-state index contributed by atoms with van der Waals surface area (Å²) in [5, 5.41) is 0. The van der Waals surface area contributed by atoms with Crippen molar-refractivity contribution in [3.05, 3.63) is 29.6 Å². The van der Waals surface area contributed by atoms with Crippen LogP contribution in [0, 0.1) is 5.82 Å². The number of anilines is 1. The van der Waals surface area contributed by atoms with Crippen molar-refractivity contribution in [1.29, 1.82) is 0 Å². The second-order valence-corrected chi connectivity index (χ2v) is 6.28. The fourth-order valence-electron chi connectivity index (χ4n) is 3.59. The molecule has 1 aromatic rings. The lowest BCUT2D eigenvalue weighted by molar-refractivity contribution is 0.254. The van der Waals surface area contributed by atoms with Crippen LogP contribution in [-0.2, 0) is 0 Å². The Morgan fingerprint density at radius 2 is 2.00 bits per heavy atom. The molecule has 2 aliphatic rings. The number of rotatable bonds is 2. The van der Waals surface area contributed by atoms with Crippen molar-refractivity contribution in [2.24, 2.45) is 5.73 Å². The van der Waals surface area contributed by atoms with E-state index in [4.69, 9.17) is 5.73 Å². The van der Waals surface area contributed by atoms with Crippen LogP contribution in [0.2, 0.25) is 0 Å². The molecule has 2 heterocycles. The summed E-state index contributed by atoms with van der Waals surface area (Å²) >= 11 is 0. The zero-order chi connectivity index (χ0) is 14.3. The molecule has 2 N–H and O–H groups in total. The van der Waals surface area contributed by atoms with Gasteiger partial charge in [0.15, 0.2) is 0 Å². The highest BCUT2D eigenvalue weighted by atomic mass is 19.1. The van der Waals surface area contributed by atoms with Crippen LogP contribution in [-0.4, -0.2) is 37.1 Å². The van der Waals surface area contributed by atoms with Gasteiger partial charge >= 0.3 is 0 Å². The third-order valence-electron chi connectivity index (χ3n) is 4.99. The lowest BCUT2D eigenvalue weighted by Gasteiger charge is -2.28. The Morgan fingerprint density at radius 1 is 1.25 bits per heavy atom. The molecule has 2 fully saturated rings. The zero-order valence-corrected chi connectivity index (χ0v) is 12.3. The zero-order valence-electron chi connectivity index (χ0n) is 12.3. The van der Waals surface area contributed by atoms with Crippen LogP contribution in [0.1, 0.15) is 37.8 Å². The SMILES string of the molecule is CC(N)c1ccc(N2CCC3CCC(C2)N3C)c(F)c1. The van der Waals surface area contributed by atoms with Crippen LogP contribution in [0.5, 0.6) is 0 Å². The van der Waals surface area contributed by atoms with Crippen LogP contribution in [0.4, 0.5) is 10.1 Å². The number of hydrogen-bond donors (Lipinski definition) is 1. The minimum absolute atomic E-state index is 0.121. The van der Waals surface area contributed by atoms with E-state index in [0.29, 0.717) is 12.1 Å². The summed E-state index contributed by atoms with van der Waals surface area (Å²) in [5.74, 6) is -0.139. The second kappa shape index (κ2) is 5.34. The van der Waals surface area contributed by atoms with Gasteiger partial charge in [0.05, 0.1) is 5.69 Å². The van der Waals surface area contributed by atoms with Crippen molar-refractivity contribution in [3.63, 3.8) is 0 Å². The van der Waals surface area contributed by atoms with Crippen LogP contribution in [0.3, 0.4) is 0 Å².